The first-order valence-corrected chi connectivity index (χ1v) is 5.71. The van der Waals surface area contributed by atoms with Crippen LogP contribution in [-0.4, -0.2) is 28.5 Å². The molecule has 0 N–H and O–H groups in total. The second-order valence-corrected chi connectivity index (χ2v) is 4.51. The standard InChI is InChI=1S/C9H17NOS/c1-3-4-5-6-10-8(2)12-7-9(10)11/h8H,3-7H2,1-2H3. The SMILES string of the molecule is CCCCCN1C(=O)CSC1C. The first-order valence-electron chi connectivity index (χ1n) is 4.66. The van der Waals surface area contributed by atoms with Crippen LogP contribution in [0.25, 0.3) is 0 Å². The fourth-order valence-corrected chi connectivity index (χ4v) is 2.36. The molecule has 0 bridgehead atoms. The van der Waals surface area contributed by atoms with Crippen molar-refractivity contribution in [3.05, 3.63) is 0 Å². The van der Waals surface area contributed by atoms with E-state index in [1.54, 1.807) is 11.8 Å². The molecule has 70 valence electrons. The van der Waals surface area contributed by atoms with Crippen LogP contribution >= 0.6 is 11.8 Å². The Morgan fingerprint density at radius 1 is 1.58 bits per heavy atom. The van der Waals surface area contributed by atoms with Crippen molar-refractivity contribution in [1.82, 2.24) is 4.90 Å². The molecule has 1 atom stereocenters. The van der Waals surface area contributed by atoms with Crippen LogP contribution in [0.5, 0.6) is 0 Å². The molecule has 1 saturated heterocycles. The largest absolute Gasteiger partial charge is 0.330 e. The van der Waals surface area contributed by atoms with Gasteiger partial charge in [-0.2, -0.15) is 0 Å². The fraction of sp³-hybridized carbons (Fsp3) is 0.889. The number of carbonyl (C=O) groups is 1. The van der Waals surface area contributed by atoms with Crippen molar-refractivity contribution < 1.29 is 4.79 Å². The summed E-state index contributed by atoms with van der Waals surface area (Å²) in [6, 6.07) is 0. The summed E-state index contributed by atoms with van der Waals surface area (Å²) in [6.07, 6.45) is 3.62. The summed E-state index contributed by atoms with van der Waals surface area (Å²) >= 11 is 1.75. The van der Waals surface area contributed by atoms with Crippen molar-refractivity contribution in [2.75, 3.05) is 12.3 Å². The number of thioether (sulfide) groups is 1. The van der Waals surface area contributed by atoms with Gasteiger partial charge in [-0.25, -0.2) is 0 Å². The van der Waals surface area contributed by atoms with Gasteiger partial charge in [0, 0.05) is 6.54 Å². The molecular weight excluding hydrogens is 170 g/mol. The molecule has 1 amide bonds. The third-order valence-electron chi connectivity index (χ3n) is 2.21. The summed E-state index contributed by atoms with van der Waals surface area (Å²) in [5.74, 6) is 1.01. The number of carbonyl (C=O) groups excluding carboxylic acids is 1. The molecule has 1 aliphatic rings. The summed E-state index contributed by atoms with van der Waals surface area (Å²) < 4.78 is 0. The maximum Gasteiger partial charge on any atom is 0.233 e. The third-order valence-corrected chi connectivity index (χ3v) is 3.36. The van der Waals surface area contributed by atoms with Crippen LogP contribution < -0.4 is 0 Å². The molecule has 2 nitrogen and oxygen atoms in total. The van der Waals surface area contributed by atoms with E-state index < -0.39 is 0 Å². The number of rotatable bonds is 4. The molecule has 0 spiro atoms. The minimum atomic E-state index is 0.323. The van der Waals surface area contributed by atoms with E-state index in [9.17, 15) is 4.79 Å². The normalized spacial score (nSPS) is 23.7. The van der Waals surface area contributed by atoms with Crippen LogP contribution in [0.1, 0.15) is 33.1 Å². The zero-order chi connectivity index (χ0) is 8.97. The first-order chi connectivity index (χ1) is 5.75. The van der Waals surface area contributed by atoms with Gasteiger partial charge in [-0.15, -0.1) is 11.8 Å². The highest BCUT2D eigenvalue weighted by Crippen LogP contribution is 2.24. The average molecular weight is 187 g/mol. The van der Waals surface area contributed by atoms with E-state index in [-0.39, 0.29) is 0 Å². The predicted molar refractivity (Wildman–Crippen MR) is 53.2 cm³/mol. The van der Waals surface area contributed by atoms with E-state index >= 15 is 0 Å². The second-order valence-electron chi connectivity index (χ2n) is 3.20. The van der Waals surface area contributed by atoms with E-state index in [0.29, 0.717) is 17.0 Å². The van der Waals surface area contributed by atoms with Crippen molar-refractivity contribution in [3.8, 4) is 0 Å². The van der Waals surface area contributed by atoms with Crippen molar-refractivity contribution in [3.63, 3.8) is 0 Å². The number of unbranched alkanes of at least 4 members (excludes halogenated alkanes) is 2. The van der Waals surface area contributed by atoms with Gasteiger partial charge >= 0.3 is 0 Å². The first kappa shape index (κ1) is 9.90. The average Bonchev–Trinajstić information content (AvgIpc) is 2.35. The van der Waals surface area contributed by atoms with Crippen LogP contribution in [0.15, 0.2) is 0 Å². The molecule has 3 heteroatoms. The molecule has 0 aromatic heterocycles. The smallest absolute Gasteiger partial charge is 0.233 e. The number of hydrogen-bond acceptors (Lipinski definition) is 2. The van der Waals surface area contributed by atoms with E-state index in [2.05, 4.69) is 13.8 Å². The molecule has 1 unspecified atom stereocenters. The summed E-state index contributed by atoms with van der Waals surface area (Å²) in [7, 11) is 0. The van der Waals surface area contributed by atoms with Crippen molar-refractivity contribution >= 4 is 17.7 Å². The Morgan fingerprint density at radius 3 is 2.83 bits per heavy atom. The molecule has 0 aliphatic carbocycles. The quantitative estimate of drug-likeness (QED) is 0.628. The zero-order valence-corrected chi connectivity index (χ0v) is 8.69. The Morgan fingerprint density at radius 2 is 2.33 bits per heavy atom. The lowest BCUT2D eigenvalue weighted by molar-refractivity contribution is -0.127. The predicted octanol–water partition coefficient (Wildman–Crippen LogP) is 2.10. The van der Waals surface area contributed by atoms with Crippen LogP contribution in [0.4, 0.5) is 0 Å². The molecule has 0 radical (unpaired) electrons. The summed E-state index contributed by atoms with van der Waals surface area (Å²) in [6.45, 7) is 5.26. The Hall–Kier alpha value is -0.180. The Bertz CT molecular complexity index is 161. The Kier molecular flexibility index (Phi) is 3.92. The van der Waals surface area contributed by atoms with Crippen LogP contribution in [0, 0.1) is 0 Å². The highest BCUT2D eigenvalue weighted by molar-refractivity contribution is 8.00. The maximum absolute atomic E-state index is 11.3. The highest BCUT2D eigenvalue weighted by atomic mass is 32.2. The van der Waals surface area contributed by atoms with Crippen LogP contribution in [-0.2, 0) is 4.79 Å². The maximum atomic E-state index is 11.3. The topological polar surface area (TPSA) is 20.3 Å². The summed E-state index contributed by atoms with van der Waals surface area (Å²) in [5.41, 5.74) is 0. The van der Waals surface area contributed by atoms with Gasteiger partial charge in [0.25, 0.3) is 0 Å². The van der Waals surface area contributed by atoms with Gasteiger partial charge in [0.05, 0.1) is 11.1 Å². The molecule has 12 heavy (non-hydrogen) atoms. The Balaban J connectivity index is 2.25. The van der Waals surface area contributed by atoms with Gasteiger partial charge in [-0.1, -0.05) is 19.8 Å². The second kappa shape index (κ2) is 4.75. The lowest BCUT2D eigenvalue weighted by atomic mass is 10.2. The molecule has 0 aromatic carbocycles. The molecule has 0 aromatic rings. The van der Waals surface area contributed by atoms with Gasteiger partial charge < -0.3 is 4.90 Å². The third kappa shape index (κ3) is 2.41. The summed E-state index contributed by atoms with van der Waals surface area (Å²) in [4.78, 5) is 13.3. The minimum absolute atomic E-state index is 0.323. The van der Waals surface area contributed by atoms with Crippen molar-refractivity contribution in [1.29, 1.82) is 0 Å². The fourth-order valence-electron chi connectivity index (χ4n) is 1.41. The van der Waals surface area contributed by atoms with E-state index in [4.69, 9.17) is 0 Å². The molecular formula is C9H17NOS. The zero-order valence-electron chi connectivity index (χ0n) is 7.88. The van der Waals surface area contributed by atoms with Gasteiger partial charge in [0.2, 0.25) is 5.91 Å². The number of nitrogens with zero attached hydrogens (tertiary/aromatic N) is 1. The molecule has 0 saturated carbocycles. The van der Waals surface area contributed by atoms with Crippen LogP contribution in [0.3, 0.4) is 0 Å². The van der Waals surface area contributed by atoms with Gasteiger partial charge in [0.15, 0.2) is 0 Å². The van der Waals surface area contributed by atoms with E-state index in [0.717, 1.165) is 13.0 Å². The molecule has 1 rings (SSSR count). The van der Waals surface area contributed by atoms with Gasteiger partial charge in [-0.3, -0.25) is 4.79 Å². The highest BCUT2D eigenvalue weighted by Gasteiger charge is 2.26. The molecule has 1 fully saturated rings. The van der Waals surface area contributed by atoms with Crippen molar-refractivity contribution in [2.24, 2.45) is 0 Å². The monoisotopic (exact) mass is 187 g/mol. The van der Waals surface area contributed by atoms with E-state index in [1.807, 2.05) is 4.90 Å². The van der Waals surface area contributed by atoms with E-state index in [1.165, 1.54) is 12.8 Å². The Labute approximate surface area is 78.7 Å². The van der Waals surface area contributed by atoms with Crippen LogP contribution in [0.2, 0.25) is 0 Å². The summed E-state index contributed by atoms with van der Waals surface area (Å²) in [5, 5.41) is 0.411. The molecule has 1 heterocycles. The van der Waals surface area contributed by atoms with Gasteiger partial charge in [0.1, 0.15) is 0 Å². The van der Waals surface area contributed by atoms with Gasteiger partial charge in [-0.05, 0) is 13.3 Å². The van der Waals surface area contributed by atoms with Crippen molar-refractivity contribution in [2.45, 2.75) is 38.5 Å². The number of amides is 1. The minimum Gasteiger partial charge on any atom is -0.330 e. The lowest BCUT2D eigenvalue weighted by Crippen LogP contribution is -2.31. The number of hydrogen-bond donors (Lipinski definition) is 0. The molecule has 1 aliphatic heterocycles. The lowest BCUT2D eigenvalue weighted by Gasteiger charge is -2.19.